The zero-order chi connectivity index (χ0) is 20.5. The molecule has 6 atom stereocenters. The maximum absolute atomic E-state index is 13.9. The van der Waals surface area contributed by atoms with Gasteiger partial charge in [-0.1, -0.05) is 38.0 Å². The Morgan fingerprint density at radius 1 is 1.25 bits per heavy atom. The van der Waals surface area contributed by atoms with Crippen LogP contribution in [0.4, 0.5) is 13.2 Å². The van der Waals surface area contributed by atoms with Gasteiger partial charge in [-0.3, -0.25) is 9.59 Å². The summed E-state index contributed by atoms with van der Waals surface area (Å²) in [5.41, 5.74) is 1.58. The third-order valence-corrected chi connectivity index (χ3v) is 8.51. The van der Waals surface area contributed by atoms with E-state index >= 15 is 0 Å². The molecule has 0 amide bonds. The van der Waals surface area contributed by atoms with Crippen molar-refractivity contribution in [1.29, 1.82) is 0 Å². The van der Waals surface area contributed by atoms with Crippen LogP contribution in [0, 0.1) is 34.5 Å². The molecule has 0 aromatic carbocycles. The number of fused-ring (bicyclic) bond motifs is 5. The van der Waals surface area contributed by atoms with E-state index in [4.69, 9.17) is 0 Å². The van der Waals surface area contributed by atoms with E-state index in [9.17, 15) is 22.8 Å². The number of carbonyl (C=O) groups is 2. The molecule has 2 fully saturated rings. The lowest BCUT2D eigenvalue weighted by Crippen LogP contribution is -2.46. The summed E-state index contributed by atoms with van der Waals surface area (Å²) in [4.78, 5) is 24.6. The highest BCUT2D eigenvalue weighted by atomic mass is 19.4. The van der Waals surface area contributed by atoms with Gasteiger partial charge in [-0.2, -0.15) is 13.2 Å². The standard InChI is InChI=1S/C23H29F3O2/c1-4-19(28)20-18(23(24,25)26)12-17-15-6-5-13-11-14(27)7-9-21(13,2)16(15)8-10-22(17,20)3/h8,11,15,17-18,20H,4-7,9-10,12H2,1-3H3/t15?,17?,18-,20+,21-,22-/m0/s1. The third kappa shape index (κ3) is 2.68. The van der Waals surface area contributed by atoms with Crippen LogP contribution >= 0.6 is 0 Å². The van der Waals surface area contributed by atoms with Gasteiger partial charge in [0.25, 0.3) is 0 Å². The first-order chi connectivity index (χ1) is 13.0. The van der Waals surface area contributed by atoms with Crippen LogP contribution in [0.1, 0.15) is 65.7 Å². The molecule has 0 aromatic heterocycles. The molecule has 2 nitrogen and oxygen atoms in total. The van der Waals surface area contributed by atoms with Gasteiger partial charge < -0.3 is 0 Å². The molecular weight excluding hydrogens is 365 g/mol. The lowest BCUT2D eigenvalue weighted by atomic mass is 9.51. The smallest absolute Gasteiger partial charge is 0.299 e. The number of rotatable bonds is 2. The van der Waals surface area contributed by atoms with Crippen molar-refractivity contribution in [2.75, 3.05) is 0 Å². The van der Waals surface area contributed by atoms with Crippen molar-refractivity contribution in [1.82, 2.24) is 0 Å². The van der Waals surface area contributed by atoms with E-state index < -0.39 is 23.4 Å². The molecule has 0 N–H and O–H groups in total. The molecule has 154 valence electrons. The molecule has 28 heavy (non-hydrogen) atoms. The van der Waals surface area contributed by atoms with Gasteiger partial charge in [0.05, 0.1) is 5.92 Å². The topological polar surface area (TPSA) is 34.1 Å². The molecule has 0 spiro atoms. The number of allylic oxidation sites excluding steroid dienone is 4. The second-order valence-electron chi connectivity index (χ2n) is 9.77. The van der Waals surface area contributed by atoms with E-state index in [-0.39, 0.29) is 41.7 Å². The molecule has 4 rings (SSSR count). The van der Waals surface area contributed by atoms with Gasteiger partial charge in [0, 0.05) is 24.2 Å². The van der Waals surface area contributed by atoms with Gasteiger partial charge in [-0.05, 0) is 55.4 Å². The van der Waals surface area contributed by atoms with E-state index in [1.807, 2.05) is 6.92 Å². The van der Waals surface area contributed by atoms with Crippen LogP contribution in [0.25, 0.3) is 0 Å². The molecule has 5 heteroatoms. The lowest BCUT2D eigenvalue weighted by Gasteiger charge is -2.53. The maximum Gasteiger partial charge on any atom is 0.392 e. The quantitative estimate of drug-likeness (QED) is 0.553. The van der Waals surface area contributed by atoms with E-state index in [2.05, 4.69) is 13.0 Å². The Hall–Kier alpha value is -1.39. The van der Waals surface area contributed by atoms with Crippen molar-refractivity contribution < 1.29 is 22.8 Å². The van der Waals surface area contributed by atoms with Crippen LogP contribution in [-0.4, -0.2) is 17.7 Å². The predicted molar refractivity (Wildman–Crippen MR) is 100 cm³/mol. The Bertz CT molecular complexity index is 777. The van der Waals surface area contributed by atoms with Crippen LogP contribution in [0.3, 0.4) is 0 Å². The molecule has 4 aliphatic rings. The molecule has 0 saturated heterocycles. The highest BCUT2D eigenvalue weighted by Crippen LogP contribution is 2.67. The van der Waals surface area contributed by atoms with Crippen molar-refractivity contribution in [3.05, 3.63) is 23.3 Å². The van der Waals surface area contributed by atoms with E-state index in [0.717, 1.165) is 24.8 Å². The zero-order valence-corrected chi connectivity index (χ0v) is 16.9. The molecule has 4 aliphatic carbocycles. The molecule has 0 heterocycles. The second kappa shape index (κ2) is 6.30. The van der Waals surface area contributed by atoms with Gasteiger partial charge in [0.2, 0.25) is 0 Å². The van der Waals surface area contributed by atoms with Crippen LogP contribution in [0.5, 0.6) is 0 Å². The van der Waals surface area contributed by atoms with Gasteiger partial charge in [0.15, 0.2) is 5.78 Å². The number of Topliss-reactive ketones (excluding diaryl/α,β-unsaturated/α-hetero) is 1. The summed E-state index contributed by atoms with van der Waals surface area (Å²) in [5, 5.41) is 0. The highest BCUT2D eigenvalue weighted by molar-refractivity contribution is 5.92. The average Bonchev–Trinajstić information content (AvgIpc) is 2.95. The fourth-order valence-electron chi connectivity index (χ4n) is 7.04. The second-order valence-corrected chi connectivity index (χ2v) is 9.77. The Morgan fingerprint density at radius 3 is 2.61 bits per heavy atom. The summed E-state index contributed by atoms with van der Waals surface area (Å²) < 4.78 is 41.7. The molecule has 2 saturated carbocycles. The SMILES string of the molecule is CCC(=O)[C@H]1[C@@H](C(F)(F)F)CC2C3CCC4=CC(=O)CC[C@]4(C)C3=CC[C@@]21C. The molecule has 0 bridgehead atoms. The summed E-state index contributed by atoms with van der Waals surface area (Å²) >= 11 is 0. The summed E-state index contributed by atoms with van der Waals surface area (Å²) in [7, 11) is 0. The number of halogens is 3. The average molecular weight is 394 g/mol. The monoisotopic (exact) mass is 394 g/mol. The molecule has 2 unspecified atom stereocenters. The zero-order valence-electron chi connectivity index (χ0n) is 16.9. The maximum atomic E-state index is 13.9. The molecule has 0 radical (unpaired) electrons. The molecule has 0 aromatic rings. The van der Waals surface area contributed by atoms with E-state index in [1.54, 1.807) is 13.0 Å². The largest absolute Gasteiger partial charge is 0.392 e. The van der Waals surface area contributed by atoms with Gasteiger partial charge in [-0.15, -0.1) is 0 Å². The minimum absolute atomic E-state index is 0.0620. The number of alkyl halides is 3. The van der Waals surface area contributed by atoms with Gasteiger partial charge in [0.1, 0.15) is 5.78 Å². The van der Waals surface area contributed by atoms with E-state index in [0.29, 0.717) is 12.8 Å². The van der Waals surface area contributed by atoms with Crippen molar-refractivity contribution in [3.63, 3.8) is 0 Å². The Balaban J connectivity index is 1.76. The first kappa shape index (κ1) is 19.9. The van der Waals surface area contributed by atoms with Crippen LogP contribution < -0.4 is 0 Å². The molecule has 0 aliphatic heterocycles. The van der Waals surface area contributed by atoms with Crippen LogP contribution in [0.2, 0.25) is 0 Å². The third-order valence-electron chi connectivity index (χ3n) is 8.51. The van der Waals surface area contributed by atoms with E-state index in [1.165, 1.54) is 5.57 Å². The fraction of sp³-hybridized carbons (Fsp3) is 0.739. The summed E-state index contributed by atoms with van der Waals surface area (Å²) in [6.07, 6.45) is 3.18. The first-order valence-electron chi connectivity index (χ1n) is 10.6. The summed E-state index contributed by atoms with van der Waals surface area (Å²) in [6.45, 7) is 5.76. The predicted octanol–water partition coefficient (Wildman–Crippen LogP) is 5.82. The highest BCUT2D eigenvalue weighted by Gasteiger charge is 2.65. The number of hydrogen-bond donors (Lipinski definition) is 0. The minimum atomic E-state index is -4.34. The van der Waals surface area contributed by atoms with Crippen LogP contribution in [0.15, 0.2) is 23.3 Å². The normalized spacial score (nSPS) is 42.9. The van der Waals surface area contributed by atoms with Crippen molar-refractivity contribution >= 4 is 11.6 Å². The van der Waals surface area contributed by atoms with Gasteiger partial charge in [-0.25, -0.2) is 0 Å². The van der Waals surface area contributed by atoms with Crippen molar-refractivity contribution in [3.8, 4) is 0 Å². The fourth-order valence-corrected chi connectivity index (χ4v) is 7.04. The number of hydrogen-bond acceptors (Lipinski definition) is 2. The Labute approximate surface area is 164 Å². The summed E-state index contributed by atoms with van der Waals surface area (Å²) in [5.74, 6) is -2.56. The Kier molecular flexibility index (Phi) is 4.48. The van der Waals surface area contributed by atoms with Crippen LogP contribution in [-0.2, 0) is 9.59 Å². The minimum Gasteiger partial charge on any atom is -0.299 e. The van der Waals surface area contributed by atoms with Crippen molar-refractivity contribution in [2.24, 2.45) is 34.5 Å². The number of carbonyl (C=O) groups excluding carboxylic acids is 2. The lowest BCUT2D eigenvalue weighted by molar-refractivity contribution is -0.190. The first-order valence-corrected chi connectivity index (χ1v) is 10.6. The van der Waals surface area contributed by atoms with Crippen molar-refractivity contribution in [2.45, 2.75) is 71.9 Å². The summed E-state index contributed by atoms with van der Waals surface area (Å²) in [6, 6.07) is 0. The van der Waals surface area contributed by atoms with Gasteiger partial charge >= 0.3 is 6.18 Å². The molecular formula is C23H29F3O2. The Morgan fingerprint density at radius 2 is 1.96 bits per heavy atom. The number of ketones is 2.